The van der Waals surface area contributed by atoms with Crippen LogP contribution >= 0.6 is 43.2 Å². The average Bonchev–Trinajstić information content (AvgIpc) is 2.75. The molecule has 5 heteroatoms. The molecule has 0 saturated heterocycles. The van der Waals surface area contributed by atoms with Crippen molar-refractivity contribution in [3.05, 3.63) is 55.1 Å². The molecule has 0 aliphatic heterocycles. The predicted molar refractivity (Wildman–Crippen MR) is 82.0 cm³/mol. The molecule has 2 rings (SSSR count). The highest BCUT2D eigenvalue weighted by molar-refractivity contribution is 9.11. The van der Waals surface area contributed by atoms with Gasteiger partial charge in [-0.2, -0.15) is 0 Å². The molecule has 0 saturated carbocycles. The van der Waals surface area contributed by atoms with Gasteiger partial charge in [-0.25, -0.2) is 0 Å². The van der Waals surface area contributed by atoms with Gasteiger partial charge in [0.25, 0.3) is 5.91 Å². The number of benzene rings is 1. The zero-order chi connectivity index (χ0) is 13.1. The van der Waals surface area contributed by atoms with Gasteiger partial charge in [-0.05, 0) is 45.8 Å². The highest BCUT2D eigenvalue weighted by atomic mass is 79.9. The topological polar surface area (TPSA) is 20.3 Å². The Balaban J connectivity index is 2.08. The van der Waals surface area contributed by atoms with Crippen LogP contribution in [0.3, 0.4) is 0 Å². The van der Waals surface area contributed by atoms with E-state index in [2.05, 4.69) is 31.9 Å². The molecule has 0 atom stereocenters. The summed E-state index contributed by atoms with van der Waals surface area (Å²) in [6.07, 6.45) is 0. The maximum absolute atomic E-state index is 12.2. The molecule has 2 aromatic rings. The first kappa shape index (κ1) is 13.8. The van der Waals surface area contributed by atoms with E-state index in [1.54, 1.807) is 4.90 Å². The van der Waals surface area contributed by atoms with Crippen LogP contribution in [0.1, 0.15) is 15.2 Å². The number of hydrogen-bond donors (Lipinski definition) is 0. The Kier molecular flexibility index (Phi) is 4.59. The van der Waals surface area contributed by atoms with Gasteiger partial charge in [-0.3, -0.25) is 4.79 Å². The zero-order valence-electron chi connectivity index (χ0n) is 9.69. The van der Waals surface area contributed by atoms with E-state index in [-0.39, 0.29) is 5.91 Å². The van der Waals surface area contributed by atoms with Crippen molar-refractivity contribution >= 4 is 49.1 Å². The van der Waals surface area contributed by atoms with Crippen LogP contribution < -0.4 is 0 Å². The molecule has 2 nitrogen and oxygen atoms in total. The zero-order valence-corrected chi connectivity index (χ0v) is 13.7. The summed E-state index contributed by atoms with van der Waals surface area (Å²) in [7, 11) is 1.82. The van der Waals surface area contributed by atoms with Crippen LogP contribution in [0.2, 0.25) is 0 Å². The molecule has 0 fully saturated rings. The fourth-order valence-electron chi connectivity index (χ4n) is 1.60. The molecule has 0 radical (unpaired) electrons. The van der Waals surface area contributed by atoms with E-state index in [1.165, 1.54) is 11.3 Å². The lowest BCUT2D eigenvalue weighted by Gasteiger charge is -2.16. The molecule has 1 heterocycles. The van der Waals surface area contributed by atoms with Crippen LogP contribution in [0.4, 0.5) is 0 Å². The third-order valence-corrected chi connectivity index (χ3v) is 4.54. The predicted octanol–water partition coefficient (Wildman–Crippen LogP) is 4.55. The molecule has 94 valence electrons. The van der Waals surface area contributed by atoms with Gasteiger partial charge in [0, 0.05) is 18.1 Å². The lowest BCUT2D eigenvalue weighted by atomic mass is 10.2. The normalized spacial score (nSPS) is 10.4. The minimum atomic E-state index is 0.0469. The molecular formula is C13H11Br2NOS. The number of amides is 1. The fraction of sp³-hybridized carbons (Fsp3) is 0.154. The Bertz CT molecular complexity index is 568. The number of nitrogens with zero attached hydrogens (tertiary/aromatic N) is 1. The first-order valence-corrected chi connectivity index (χ1v) is 7.72. The Labute approximate surface area is 127 Å². The molecule has 1 aromatic heterocycles. The Hall–Kier alpha value is -0.650. The van der Waals surface area contributed by atoms with Gasteiger partial charge in [0.15, 0.2) is 0 Å². The molecule has 0 N–H and O–H groups in total. The molecule has 1 amide bonds. The molecule has 0 bridgehead atoms. The monoisotopic (exact) mass is 387 g/mol. The number of rotatable bonds is 3. The summed E-state index contributed by atoms with van der Waals surface area (Å²) in [6, 6.07) is 11.7. The van der Waals surface area contributed by atoms with E-state index in [0.717, 1.165) is 18.7 Å². The summed E-state index contributed by atoms with van der Waals surface area (Å²) in [5.74, 6) is 0.0469. The Morgan fingerprint density at radius 2 is 2.06 bits per heavy atom. The van der Waals surface area contributed by atoms with Gasteiger partial charge < -0.3 is 4.90 Å². The summed E-state index contributed by atoms with van der Waals surface area (Å²) < 4.78 is 2.00. The van der Waals surface area contributed by atoms with Crippen molar-refractivity contribution in [1.82, 2.24) is 4.90 Å². The van der Waals surface area contributed by atoms with E-state index in [4.69, 9.17) is 0 Å². The smallest absolute Gasteiger partial charge is 0.264 e. The Morgan fingerprint density at radius 3 is 2.67 bits per heavy atom. The molecule has 18 heavy (non-hydrogen) atoms. The lowest BCUT2D eigenvalue weighted by Crippen LogP contribution is -2.25. The number of thiophene rings is 1. The van der Waals surface area contributed by atoms with Gasteiger partial charge >= 0.3 is 0 Å². The standard InChI is InChI=1S/C13H11Br2NOS/c1-16(8-9-3-2-4-10(14)7-9)13(17)11-5-6-12(15)18-11/h2-7H,8H2,1H3. The maximum atomic E-state index is 12.2. The van der Waals surface area contributed by atoms with E-state index in [0.29, 0.717) is 6.54 Å². The van der Waals surface area contributed by atoms with Gasteiger partial charge in [0.2, 0.25) is 0 Å². The minimum Gasteiger partial charge on any atom is -0.337 e. The number of carbonyl (C=O) groups is 1. The van der Waals surface area contributed by atoms with Crippen molar-refractivity contribution in [2.75, 3.05) is 7.05 Å². The average molecular weight is 389 g/mol. The maximum Gasteiger partial charge on any atom is 0.264 e. The SMILES string of the molecule is CN(Cc1cccc(Br)c1)C(=O)c1ccc(Br)s1. The molecular weight excluding hydrogens is 378 g/mol. The van der Waals surface area contributed by atoms with E-state index in [9.17, 15) is 4.79 Å². The molecule has 1 aromatic carbocycles. The number of hydrogen-bond acceptors (Lipinski definition) is 2. The van der Waals surface area contributed by atoms with Crippen molar-refractivity contribution < 1.29 is 4.79 Å². The van der Waals surface area contributed by atoms with Gasteiger partial charge in [-0.15, -0.1) is 11.3 Å². The van der Waals surface area contributed by atoms with Crippen LogP contribution in [0.15, 0.2) is 44.7 Å². The third kappa shape index (κ3) is 3.43. The molecule has 0 aliphatic carbocycles. The summed E-state index contributed by atoms with van der Waals surface area (Å²) in [4.78, 5) is 14.6. The second kappa shape index (κ2) is 5.99. The van der Waals surface area contributed by atoms with Crippen molar-refractivity contribution in [3.63, 3.8) is 0 Å². The van der Waals surface area contributed by atoms with Crippen LogP contribution in [0, 0.1) is 0 Å². The molecule has 0 unspecified atom stereocenters. The Morgan fingerprint density at radius 1 is 1.28 bits per heavy atom. The van der Waals surface area contributed by atoms with Crippen LogP contribution in [-0.4, -0.2) is 17.9 Å². The quantitative estimate of drug-likeness (QED) is 0.755. The first-order valence-electron chi connectivity index (χ1n) is 5.31. The van der Waals surface area contributed by atoms with Crippen molar-refractivity contribution in [1.29, 1.82) is 0 Å². The van der Waals surface area contributed by atoms with Gasteiger partial charge in [0.1, 0.15) is 0 Å². The summed E-state index contributed by atoms with van der Waals surface area (Å²) in [6.45, 7) is 0.605. The van der Waals surface area contributed by atoms with Crippen LogP contribution in [0.5, 0.6) is 0 Å². The van der Waals surface area contributed by atoms with Crippen molar-refractivity contribution in [2.45, 2.75) is 6.54 Å². The summed E-state index contributed by atoms with van der Waals surface area (Å²) in [5.41, 5.74) is 1.11. The largest absolute Gasteiger partial charge is 0.337 e. The summed E-state index contributed by atoms with van der Waals surface area (Å²) >= 11 is 8.25. The highest BCUT2D eigenvalue weighted by Crippen LogP contribution is 2.23. The number of carbonyl (C=O) groups excluding carboxylic acids is 1. The van der Waals surface area contributed by atoms with E-state index >= 15 is 0 Å². The highest BCUT2D eigenvalue weighted by Gasteiger charge is 2.14. The van der Waals surface area contributed by atoms with Crippen molar-refractivity contribution in [3.8, 4) is 0 Å². The van der Waals surface area contributed by atoms with Crippen LogP contribution in [-0.2, 0) is 6.54 Å². The van der Waals surface area contributed by atoms with Crippen LogP contribution in [0.25, 0.3) is 0 Å². The third-order valence-electron chi connectivity index (χ3n) is 2.44. The first-order chi connectivity index (χ1) is 8.56. The van der Waals surface area contributed by atoms with E-state index < -0.39 is 0 Å². The summed E-state index contributed by atoms with van der Waals surface area (Å²) in [5, 5.41) is 0. The van der Waals surface area contributed by atoms with Gasteiger partial charge in [-0.1, -0.05) is 28.1 Å². The lowest BCUT2D eigenvalue weighted by molar-refractivity contribution is 0.0790. The molecule has 0 spiro atoms. The molecule has 0 aliphatic rings. The number of halogens is 2. The second-order valence-electron chi connectivity index (χ2n) is 3.89. The fourth-order valence-corrected chi connectivity index (χ4v) is 3.43. The second-order valence-corrected chi connectivity index (χ2v) is 7.27. The van der Waals surface area contributed by atoms with E-state index in [1.807, 2.05) is 43.4 Å². The van der Waals surface area contributed by atoms with Crippen molar-refractivity contribution in [2.24, 2.45) is 0 Å². The van der Waals surface area contributed by atoms with Gasteiger partial charge in [0.05, 0.1) is 8.66 Å². The minimum absolute atomic E-state index is 0.0469.